The molecule has 0 atom stereocenters. The standard InChI is InChI=1S/C10H9BrN2O2/c1-12-10(14)5-8-7-3-2-6(11)4-9(7)15-13-8/h2-4H,5H2,1H3,(H,12,14). The van der Waals surface area contributed by atoms with Crippen molar-refractivity contribution in [3.8, 4) is 0 Å². The Morgan fingerprint density at radius 2 is 2.40 bits per heavy atom. The van der Waals surface area contributed by atoms with Gasteiger partial charge >= 0.3 is 0 Å². The van der Waals surface area contributed by atoms with Crippen molar-refractivity contribution >= 4 is 32.8 Å². The number of amides is 1. The molecule has 1 N–H and O–H groups in total. The number of fused-ring (bicyclic) bond motifs is 1. The molecule has 4 nitrogen and oxygen atoms in total. The van der Waals surface area contributed by atoms with Crippen LogP contribution in [0.4, 0.5) is 0 Å². The molecule has 0 aliphatic carbocycles. The van der Waals surface area contributed by atoms with Crippen LogP contribution in [0.3, 0.4) is 0 Å². The van der Waals surface area contributed by atoms with Gasteiger partial charge in [0.25, 0.3) is 0 Å². The lowest BCUT2D eigenvalue weighted by Crippen LogP contribution is -2.20. The number of hydrogen-bond acceptors (Lipinski definition) is 3. The minimum Gasteiger partial charge on any atom is -0.359 e. The lowest BCUT2D eigenvalue weighted by atomic mass is 10.2. The molecule has 0 spiro atoms. The summed E-state index contributed by atoms with van der Waals surface area (Å²) in [5.41, 5.74) is 1.35. The number of nitrogens with one attached hydrogen (secondary N) is 1. The molecule has 15 heavy (non-hydrogen) atoms. The van der Waals surface area contributed by atoms with Crippen molar-refractivity contribution in [2.45, 2.75) is 6.42 Å². The molecule has 1 amide bonds. The highest BCUT2D eigenvalue weighted by Gasteiger charge is 2.11. The number of aromatic nitrogens is 1. The van der Waals surface area contributed by atoms with Gasteiger partial charge in [0.05, 0.1) is 6.42 Å². The fourth-order valence-corrected chi connectivity index (χ4v) is 1.67. The van der Waals surface area contributed by atoms with Crippen molar-refractivity contribution in [1.29, 1.82) is 0 Å². The first-order valence-electron chi connectivity index (χ1n) is 4.45. The summed E-state index contributed by atoms with van der Waals surface area (Å²) in [7, 11) is 1.60. The molecule has 0 bridgehead atoms. The summed E-state index contributed by atoms with van der Waals surface area (Å²) in [5.74, 6) is -0.0758. The average Bonchev–Trinajstić information content (AvgIpc) is 2.60. The van der Waals surface area contributed by atoms with E-state index in [0.717, 1.165) is 9.86 Å². The Morgan fingerprint density at radius 1 is 1.60 bits per heavy atom. The van der Waals surface area contributed by atoms with Gasteiger partial charge in [0.15, 0.2) is 5.58 Å². The molecule has 1 aromatic carbocycles. The van der Waals surface area contributed by atoms with Crippen LogP contribution in [-0.4, -0.2) is 18.1 Å². The predicted molar refractivity (Wildman–Crippen MR) is 59.5 cm³/mol. The lowest BCUT2D eigenvalue weighted by molar-refractivity contribution is -0.120. The minimum atomic E-state index is -0.0758. The van der Waals surface area contributed by atoms with Gasteiger partial charge in [-0.2, -0.15) is 0 Å². The van der Waals surface area contributed by atoms with Crippen molar-refractivity contribution < 1.29 is 9.32 Å². The van der Waals surface area contributed by atoms with Gasteiger partial charge in [-0.15, -0.1) is 0 Å². The second-order valence-electron chi connectivity index (χ2n) is 3.12. The summed E-state index contributed by atoms with van der Waals surface area (Å²) in [4.78, 5) is 11.2. The highest BCUT2D eigenvalue weighted by Crippen LogP contribution is 2.22. The molecular formula is C10H9BrN2O2. The largest absolute Gasteiger partial charge is 0.359 e. The van der Waals surface area contributed by atoms with Gasteiger partial charge < -0.3 is 9.84 Å². The van der Waals surface area contributed by atoms with E-state index in [1.54, 1.807) is 7.05 Å². The number of halogens is 1. The number of likely N-dealkylation sites (N-methyl/N-ethyl adjacent to an activating group) is 1. The number of rotatable bonds is 2. The van der Waals surface area contributed by atoms with E-state index in [4.69, 9.17) is 4.52 Å². The maximum Gasteiger partial charge on any atom is 0.225 e. The molecular weight excluding hydrogens is 260 g/mol. The Bertz CT molecular complexity index is 507. The van der Waals surface area contributed by atoms with E-state index in [2.05, 4.69) is 26.4 Å². The van der Waals surface area contributed by atoms with Crippen LogP contribution < -0.4 is 5.32 Å². The zero-order valence-electron chi connectivity index (χ0n) is 8.08. The molecule has 5 heteroatoms. The van der Waals surface area contributed by atoms with Gasteiger partial charge in [-0.05, 0) is 18.2 Å². The van der Waals surface area contributed by atoms with Crippen molar-refractivity contribution in [3.63, 3.8) is 0 Å². The molecule has 0 unspecified atom stereocenters. The monoisotopic (exact) mass is 268 g/mol. The van der Waals surface area contributed by atoms with E-state index in [0.29, 0.717) is 11.3 Å². The maximum atomic E-state index is 11.2. The number of benzene rings is 1. The van der Waals surface area contributed by atoms with E-state index in [1.165, 1.54) is 0 Å². The van der Waals surface area contributed by atoms with Gasteiger partial charge in [0, 0.05) is 16.9 Å². The van der Waals surface area contributed by atoms with Gasteiger partial charge in [-0.25, -0.2) is 0 Å². The smallest absolute Gasteiger partial charge is 0.225 e. The third-order valence-electron chi connectivity index (χ3n) is 2.12. The van der Waals surface area contributed by atoms with Crippen molar-refractivity contribution in [1.82, 2.24) is 10.5 Å². The first kappa shape index (κ1) is 10.2. The van der Waals surface area contributed by atoms with Crippen LogP contribution in [0.2, 0.25) is 0 Å². The third-order valence-corrected chi connectivity index (χ3v) is 2.61. The third kappa shape index (κ3) is 2.02. The summed E-state index contributed by atoms with van der Waals surface area (Å²) in [6.45, 7) is 0. The fraction of sp³-hybridized carbons (Fsp3) is 0.200. The summed E-state index contributed by atoms with van der Waals surface area (Å²) in [6, 6.07) is 5.61. The normalized spacial score (nSPS) is 10.5. The minimum absolute atomic E-state index is 0.0758. The Hall–Kier alpha value is -1.36. The fourth-order valence-electron chi connectivity index (χ4n) is 1.33. The van der Waals surface area contributed by atoms with Crippen molar-refractivity contribution in [3.05, 3.63) is 28.4 Å². The molecule has 1 aromatic heterocycles. The molecule has 0 fully saturated rings. The number of hydrogen-bond donors (Lipinski definition) is 1. The first-order chi connectivity index (χ1) is 7.20. The second kappa shape index (κ2) is 4.02. The zero-order valence-corrected chi connectivity index (χ0v) is 9.67. The van der Waals surface area contributed by atoms with E-state index >= 15 is 0 Å². The maximum absolute atomic E-state index is 11.2. The number of carbonyl (C=O) groups is 1. The van der Waals surface area contributed by atoms with Crippen LogP contribution in [0.1, 0.15) is 5.69 Å². The quantitative estimate of drug-likeness (QED) is 0.905. The molecule has 2 aromatic rings. The predicted octanol–water partition coefficient (Wildman–Crippen LogP) is 1.88. The molecule has 0 saturated carbocycles. The van der Waals surface area contributed by atoms with Crippen LogP contribution in [0.15, 0.2) is 27.2 Å². The second-order valence-corrected chi connectivity index (χ2v) is 4.04. The first-order valence-corrected chi connectivity index (χ1v) is 5.24. The van der Waals surface area contributed by atoms with Crippen LogP contribution in [0, 0.1) is 0 Å². The van der Waals surface area contributed by atoms with E-state index in [9.17, 15) is 4.79 Å². The van der Waals surface area contributed by atoms with Gasteiger partial charge in [-0.1, -0.05) is 21.1 Å². The Balaban J connectivity index is 2.41. The summed E-state index contributed by atoms with van der Waals surface area (Å²) < 4.78 is 6.04. The highest BCUT2D eigenvalue weighted by molar-refractivity contribution is 9.10. The summed E-state index contributed by atoms with van der Waals surface area (Å²) >= 11 is 3.34. The molecule has 2 rings (SSSR count). The Morgan fingerprint density at radius 3 is 3.13 bits per heavy atom. The lowest BCUT2D eigenvalue weighted by Gasteiger charge is -1.95. The van der Waals surface area contributed by atoms with E-state index in [1.807, 2.05) is 18.2 Å². The van der Waals surface area contributed by atoms with Crippen LogP contribution in [0.5, 0.6) is 0 Å². The molecule has 78 valence electrons. The van der Waals surface area contributed by atoms with Gasteiger partial charge in [0.1, 0.15) is 5.69 Å². The van der Waals surface area contributed by atoms with Gasteiger partial charge in [-0.3, -0.25) is 4.79 Å². The molecule has 0 aliphatic heterocycles. The SMILES string of the molecule is CNC(=O)Cc1noc2cc(Br)ccc12. The number of carbonyl (C=O) groups excluding carboxylic acids is 1. The van der Waals surface area contributed by atoms with Crippen molar-refractivity contribution in [2.24, 2.45) is 0 Å². The number of nitrogens with zero attached hydrogens (tertiary/aromatic N) is 1. The van der Waals surface area contributed by atoms with Gasteiger partial charge in [0.2, 0.25) is 5.91 Å². The Labute approximate surface area is 94.8 Å². The summed E-state index contributed by atoms with van der Waals surface area (Å²) in [5, 5.41) is 7.29. The van der Waals surface area contributed by atoms with Crippen LogP contribution in [-0.2, 0) is 11.2 Å². The molecule has 0 saturated heterocycles. The Kier molecular flexibility index (Phi) is 2.73. The average molecular weight is 269 g/mol. The topological polar surface area (TPSA) is 55.1 Å². The summed E-state index contributed by atoms with van der Waals surface area (Å²) in [6.07, 6.45) is 0.241. The molecule has 0 aliphatic rings. The molecule has 1 heterocycles. The van der Waals surface area contributed by atoms with Crippen molar-refractivity contribution in [2.75, 3.05) is 7.05 Å². The van der Waals surface area contributed by atoms with E-state index < -0.39 is 0 Å². The van der Waals surface area contributed by atoms with Crippen LogP contribution >= 0.6 is 15.9 Å². The zero-order chi connectivity index (χ0) is 10.8. The van der Waals surface area contributed by atoms with E-state index in [-0.39, 0.29) is 12.3 Å². The van der Waals surface area contributed by atoms with Crippen LogP contribution in [0.25, 0.3) is 11.0 Å². The molecule has 0 radical (unpaired) electrons. The highest BCUT2D eigenvalue weighted by atomic mass is 79.9.